The van der Waals surface area contributed by atoms with Crippen LogP contribution < -0.4 is 10.0 Å². The van der Waals surface area contributed by atoms with Gasteiger partial charge in [0.25, 0.3) is 10.0 Å². The molecule has 1 aromatic rings. The Bertz CT molecular complexity index is 494. The van der Waals surface area contributed by atoms with Crippen LogP contribution in [0.2, 0.25) is 0 Å². The van der Waals surface area contributed by atoms with Gasteiger partial charge in [0, 0.05) is 6.54 Å². The molecule has 1 atom stereocenters. The third kappa shape index (κ3) is 4.59. The Balaban J connectivity index is 2.48. The van der Waals surface area contributed by atoms with E-state index in [2.05, 4.69) is 23.9 Å². The van der Waals surface area contributed by atoms with Gasteiger partial charge in [0.2, 0.25) is 5.09 Å². The first-order chi connectivity index (χ1) is 9.44. The molecule has 0 aliphatic rings. The van der Waals surface area contributed by atoms with Gasteiger partial charge in [-0.1, -0.05) is 26.7 Å². The average molecular weight is 304 g/mol. The zero-order chi connectivity index (χ0) is 15.2. The highest BCUT2D eigenvalue weighted by Crippen LogP contribution is 2.14. The van der Waals surface area contributed by atoms with E-state index < -0.39 is 16.1 Å². The van der Waals surface area contributed by atoms with E-state index in [0.29, 0.717) is 18.8 Å². The van der Waals surface area contributed by atoms with Crippen LogP contribution in [-0.2, 0) is 16.6 Å². The van der Waals surface area contributed by atoms with Crippen molar-refractivity contribution in [3.63, 3.8) is 0 Å². The van der Waals surface area contributed by atoms with Gasteiger partial charge in [-0.05, 0) is 25.1 Å². The lowest BCUT2D eigenvalue weighted by Gasteiger charge is -2.20. The molecule has 6 nitrogen and oxygen atoms in total. The maximum atomic E-state index is 11.5. The molecule has 0 bridgehead atoms. The van der Waals surface area contributed by atoms with E-state index in [9.17, 15) is 13.5 Å². The van der Waals surface area contributed by atoms with Gasteiger partial charge in [-0.25, -0.2) is 13.1 Å². The Morgan fingerprint density at radius 1 is 1.30 bits per heavy atom. The van der Waals surface area contributed by atoms with Gasteiger partial charge in [-0.15, -0.1) is 0 Å². The van der Waals surface area contributed by atoms with Crippen molar-refractivity contribution in [2.75, 3.05) is 13.6 Å². The number of aliphatic hydroxyl groups excluding tert-OH is 1. The molecule has 1 unspecified atom stereocenters. The summed E-state index contributed by atoms with van der Waals surface area (Å²) in [6, 6.07) is 3.03. The van der Waals surface area contributed by atoms with Crippen molar-refractivity contribution < 1.29 is 17.9 Å². The minimum atomic E-state index is -3.53. The second kappa shape index (κ2) is 7.78. The van der Waals surface area contributed by atoms with Crippen LogP contribution in [0.15, 0.2) is 21.6 Å². The van der Waals surface area contributed by atoms with Gasteiger partial charge < -0.3 is 14.8 Å². The minimum Gasteiger partial charge on any atom is -0.447 e. The van der Waals surface area contributed by atoms with Crippen molar-refractivity contribution in [3.8, 4) is 0 Å². The number of sulfonamides is 1. The summed E-state index contributed by atoms with van der Waals surface area (Å²) in [6.07, 6.45) is 1.47. The first-order valence-corrected chi connectivity index (χ1v) is 8.33. The van der Waals surface area contributed by atoms with E-state index in [4.69, 9.17) is 4.42 Å². The summed E-state index contributed by atoms with van der Waals surface area (Å²) in [5.41, 5.74) is 0. The molecule has 20 heavy (non-hydrogen) atoms. The quantitative estimate of drug-likeness (QED) is 0.635. The van der Waals surface area contributed by atoms with Gasteiger partial charge in [0.1, 0.15) is 5.76 Å². The van der Waals surface area contributed by atoms with E-state index in [0.717, 1.165) is 12.8 Å². The van der Waals surface area contributed by atoms with Crippen molar-refractivity contribution in [1.82, 2.24) is 10.0 Å². The van der Waals surface area contributed by atoms with Crippen LogP contribution in [-0.4, -0.2) is 33.2 Å². The highest BCUT2D eigenvalue weighted by atomic mass is 32.2. The lowest BCUT2D eigenvalue weighted by atomic mass is 9.96. The lowest BCUT2D eigenvalue weighted by Crippen LogP contribution is -2.32. The summed E-state index contributed by atoms with van der Waals surface area (Å²) in [4.78, 5) is 0. The van der Waals surface area contributed by atoms with E-state index in [-0.39, 0.29) is 11.0 Å². The van der Waals surface area contributed by atoms with Crippen molar-refractivity contribution >= 4 is 10.0 Å². The first-order valence-electron chi connectivity index (χ1n) is 6.85. The molecule has 0 aromatic carbocycles. The molecule has 1 aromatic heterocycles. The SMILES string of the molecule is CCC(CC)C(O)CNCc1ccc(S(=O)(=O)NC)o1. The fourth-order valence-electron chi connectivity index (χ4n) is 2.04. The zero-order valence-corrected chi connectivity index (χ0v) is 13.0. The zero-order valence-electron chi connectivity index (χ0n) is 12.2. The summed E-state index contributed by atoms with van der Waals surface area (Å²) >= 11 is 0. The molecule has 1 rings (SSSR count). The molecular weight excluding hydrogens is 280 g/mol. The molecule has 1 heterocycles. The Kier molecular flexibility index (Phi) is 6.67. The second-order valence-corrected chi connectivity index (χ2v) is 6.52. The largest absolute Gasteiger partial charge is 0.447 e. The van der Waals surface area contributed by atoms with Gasteiger partial charge in [0.05, 0.1) is 12.6 Å². The lowest BCUT2D eigenvalue weighted by molar-refractivity contribution is 0.101. The topological polar surface area (TPSA) is 91.6 Å². The van der Waals surface area contributed by atoms with Crippen LogP contribution in [0.3, 0.4) is 0 Å². The Hall–Kier alpha value is -0.890. The van der Waals surface area contributed by atoms with Crippen molar-refractivity contribution in [1.29, 1.82) is 0 Å². The van der Waals surface area contributed by atoms with Crippen LogP contribution in [0.1, 0.15) is 32.4 Å². The Morgan fingerprint density at radius 2 is 1.95 bits per heavy atom. The number of hydrogen-bond donors (Lipinski definition) is 3. The molecule has 0 radical (unpaired) electrons. The van der Waals surface area contributed by atoms with Gasteiger partial charge in [-0.3, -0.25) is 0 Å². The molecule has 0 amide bonds. The molecule has 116 valence electrons. The van der Waals surface area contributed by atoms with Crippen LogP contribution in [0.5, 0.6) is 0 Å². The van der Waals surface area contributed by atoms with Gasteiger partial charge in [0.15, 0.2) is 0 Å². The summed E-state index contributed by atoms with van der Waals surface area (Å²) in [6.45, 7) is 4.95. The average Bonchev–Trinajstić information content (AvgIpc) is 2.90. The third-order valence-electron chi connectivity index (χ3n) is 3.42. The van der Waals surface area contributed by atoms with E-state index in [1.807, 2.05) is 0 Å². The van der Waals surface area contributed by atoms with Gasteiger partial charge in [-0.2, -0.15) is 0 Å². The second-order valence-electron chi connectivity index (χ2n) is 4.70. The third-order valence-corrected chi connectivity index (χ3v) is 4.70. The fourth-order valence-corrected chi connectivity index (χ4v) is 2.71. The van der Waals surface area contributed by atoms with Crippen molar-refractivity contribution in [2.45, 2.75) is 44.4 Å². The number of rotatable bonds is 9. The summed E-state index contributed by atoms with van der Waals surface area (Å²) in [5.74, 6) is 0.801. The van der Waals surface area contributed by atoms with Crippen molar-refractivity contribution in [2.24, 2.45) is 5.92 Å². The molecule has 3 N–H and O–H groups in total. The van der Waals surface area contributed by atoms with Crippen LogP contribution in [0, 0.1) is 5.92 Å². The number of aliphatic hydroxyl groups is 1. The molecule has 7 heteroatoms. The summed E-state index contributed by atoms with van der Waals surface area (Å²) in [7, 11) is -2.20. The smallest absolute Gasteiger partial charge is 0.273 e. The Morgan fingerprint density at radius 3 is 2.50 bits per heavy atom. The maximum absolute atomic E-state index is 11.5. The van der Waals surface area contributed by atoms with Crippen LogP contribution in [0.4, 0.5) is 0 Å². The van der Waals surface area contributed by atoms with Crippen molar-refractivity contribution in [3.05, 3.63) is 17.9 Å². The van der Waals surface area contributed by atoms with E-state index in [1.54, 1.807) is 6.07 Å². The summed E-state index contributed by atoms with van der Waals surface area (Å²) in [5, 5.41) is 12.9. The molecule has 0 saturated heterocycles. The summed E-state index contributed by atoms with van der Waals surface area (Å²) < 4.78 is 30.4. The van der Waals surface area contributed by atoms with Crippen LogP contribution >= 0.6 is 0 Å². The molecule has 0 spiro atoms. The molecule has 0 fully saturated rings. The predicted molar refractivity (Wildman–Crippen MR) is 76.7 cm³/mol. The molecule has 0 aliphatic heterocycles. The molecule has 0 saturated carbocycles. The maximum Gasteiger partial charge on any atom is 0.273 e. The number of furan rings is 1. The standard InChI is InChI=1S/C13H24N2O4S/c1-4-10(5-2)12(16)9-15-8-11-6-7-13(19-11)20(17,18)14-3/h6-7,10,12,14-16H,4-5,8-9H2,1-3H3. The number of nitrogens with one attached hydrogen (secondary N) is 2. The highest BCUT2D eigenvalue weighted by Gasteiger charge is 2.17. The van der Waals surface area contributed by atoms with E-state index >= 15 is 0 Å². The van der Waals surface area contributed by atoms with Crippen LogP contribution in [0.25, 0.3) is 0 Å². The Labute approximate surface area is 120 Å². The highest BCUT2D eigenvalue weighted by molar-refractivity contribution is 7.89. The molecule has 0 aliphatic carbocycles. The number of hydrogen-bond acceptors (Lipinski definition) is 5. The van der Waals surface area contributed by atoms with E-state index in [1.165, 1.54) is 13.1 Å². The normalized spacial score (nSPS) is 13.8. The first kappa shape index (κ1) is 17.2. The fraction of sp³-hybridized carbons (Fsp3) is 0.692. The molecular formula is C13H24N2O4S. The van der Waals surface area contributed by atoms with Gasteiger partial charge >= 0.3 is 0 Å². The minimum absolute atomic E-state index is 0.0997. The monoisotopic (exact) mass is 304 g/mol. The predicted octanol–water partition coefficient (Wildman–Crippen LogP) is 1.07.